The number of ether oxygens (including phenoxy) is 1. The van der Waals surface area contributed by atoms with Gasteiger partial charge in [-0.2, -0.15) is 0 Å². The van der Waals surface area contributed by atoms with Gasteiger partial charge in [0.15, 0.2) is 0 Å². The molecule has 27 heavy (non-hydrogen) atoms. The molecule has 0 aliphatic carbocycles. The lowest BCUT2D eigenvalue weighted by molar-refractivity contribution is -0.135. The molecule has 1 unspecified atom stereocenters. The van der Waals surface area contributed by atoms with Gasteiger partial charge < -0.3 is 14.2 Å². The molecule has 1 amide bonds. The van der Waals surface area contributed by atoms with Gasteiger partial charge in [0, 0.05) is 57.8 Å². The number of hydrogen-bond donors (Lipinski definition) is 0. The van der Waals surface area contributed by atoms with Crippen LogP contribution in [0.1, 0.15) is 44.1 Å². The minimum atomic E-state index is -0.171. The quantitative estimate of drug-likeness (QED) is 0.751. The lowest BCUT2D eigenvalue weighted by Gasteiger charge is -2.29. The van der Waals surface area contributed by atoms with E-state index in [1.165, 1.54) is 0 Å². The fourth-order valence-electron chi connectivity index (χ4n) is 4.57. The highest BCUT2D eigenvalue weighted by molar-refractivity contribution is 5.85. The molecule has 4 heterocycles. The van der Waals surface area contributed by atoms with Crippen LogP contribution in [0.2, 0.25) is 0 Å². The molecule has 0 saturated carbocycles. The predicted octanol–water partition coefficient (Wildman–Crippen LogP) is 1.55. The van der Waals surface area contributed by atoms with Crippen molar-refractivity contribution >= 4 is 5.91 Å². The Labute approximate surface area is 161 Å². The molecular weight excluding hydrogens is 344 g/mol. The number of amides is 1. The lowest BCUT2D eigenvalue weighted by atomic mass is 9.85. The first-order chi connectivity index (χ1) is 13.1. The maximum Gasteiger partial charge on any atom is 0.230 e. The largest absolute Gasteiger partial charge is 0.379 e. The zero-order chi connectivity index (χ0) is 18.9. The highest BCUT2D eigenvalue weighted by atomic mass is 16.5. The maximum absolute atomic E-state index is 13.1. The normalized spacial score (nSPS) is 27.5. The summed E-state index contributed by atoms with van der Waals surface area (Å²) in [6.45, 7) is 13.1. The van der Waals surface area contributed by atoms with E-state index >= 15 is 0 Å². The first-order valence-electron chi connectivity index (χ1n) is 10.3. The number of morpholine rings is 1. The van der Waals surface area contributed by atoms with Crippen LogP contribution in [0.15, 0.2) is 10.6 Å². The Morgan fingerprint density at radius 3 is 2.63 bits per heavy atom. The van der Waals surface area contributed by atoms with Crippen molar-refractivity contribution in [2.24, 2.45) is 5.41 Å². The smallest absolute Gasteiger partial charge is 0.230 e. The topological polar surface area (TPSA) is 62.1 Å². The number of nitrogens with zero attached hydrogens (tertiary/aromatic N) is 4. The van der Waals surface area contributed by atoms with Gasteiger partial charge in [-0.1, -0.05) is 19.0 Å². The van der Waals surface area contributed by atoms with Crippen LogP contribution in [0.5, 0.6) is 0 Å². The molecule has 4 rings (SSSR count). The fourth-order valence-corrected chi connectivity index (χ4v) is 4.57. The maximum atomic E-state index is 13.1. The summed E-state index contributed by atoms with van der Waals surface area (Å²) in [5.41, 5.74) is 0.806. The van der Waals surface area contributed by atoms with Gasteiger partial charge in [0.05, 0.1) is 24.3 Å². The number of aromatic nitrogens is 1. The highest BCUT2D eigenvalue weighted by Crippen LogP contribution is 2.41. The van der Waals surface area contributed by atoms with Crippen molar-refractivity contribution in [1.29, 1.82) is 0 Å². The molecule has 0 radical (unpaired) electrons. The predicted molar refractivity (Wildman–Crippen MR) is 101 cm³/mol. The van der Waals surface area contributed by atoms with Gasteiger partial charge in [-0.15, -0.1) is 0 Å². The van der Waals surface area contributed by atoms with Gasteiger partial charge in [0.2, 0.25) is 5.91 Å². The second-order valence-electron chi connectivity index (χ2n) is 8.61. The van der Waals surface area contributed by atoms with Crippen LogP contribution in [0, 0.1) is 5.41 Å². The van der Waals surface area contributed by atoms with Crippen molar-refractivity contribution in [2.75, 3.05) is 59.0 Å². The Bertz CT molecular complexity index is 655. The molecule has 0 bridgehead atoms. The van der Waals surface area contributed by atoms with E-state index in [-0.39, 0.29) is 5.41 Å². The first kappa shape index (κ1) is 18.9. The third-order valence-corrected chi connectivity index (χ3v) is 6.36. The summed E-state index contributed by atoms with van der Waals surface area (Å²) in [7, 11) is 0. The zero-order valence-electron chi connectivity index (χ0n) is 16.7. The monoisotopic (exact) mass is 376 g/mol. The summed E-state index contributed by atoms with van der Waals surface area (Å²) in [6, 6.07) is 2.06. The molecule has 3 fully saturated rings. The van der Waals surface area contributed by atoms with E-state index in [4.69, 9.17) is 9.26 Å². The van der Waals surface area contributed by atoms with Crippen molar-refractivity contribution in [1.82, 2.24) is 19.9 Å². The number of likely N-dealkylation sites (tertiary alicyclic amines) is 2. The minimum Gasteiger partial charge on any atom is -0.379 e. The van der Waals surface area contributed by atoms with Gasteiger partial charge in [-0.3, -0.25) is 14.6 Å². The van der Waals surface area contributed by atoms with Crippen LogP contribution in [0.4, 0.5) is 0 Å². The average molecular weight is 377 g/mol. The number of carbonyl (C=O) groups is 1. The Kier molecular flexibility index (Phi) is 5.53. The molecule has 3 saturated heterocycles. The summed E-state index contributed by atoms with van der Waals surface area (Å²) >= 11 is 0. The molecule has 150 valence electrons. The fraction of sp³-hybridized carbons (Fsp3) is 0.800. The minimum absolute atomic E-state index is 0.171. The molecule has 7 nitrogen and oxygen atoms in total. The van der Waals surface area contributed by atoms with E-state index in [9.17, 15) is 4.79 Å². The SMILES string of the molecule is CC(C)c1cc(CN2CCC3(CCN(CCN4CCOCC4)C3=O)C2)no1. The number of carbonyl (C=O) groups excluding carboxylic acids is 1. The molecule has 3 aliphatic rings. The summed E-state index contributed by atoms with van der Waals surface area (Å²) in [6.07, 6.45) is 1.95. The molecule has 1 aromatic rings. The van der Waals surface area contributed by atoms with E-state index in [2.05, 4.69) is 39.8 Å². The van der Waals surface area contributed by atoms with Crippen LogP contribution in [-0.2, 0) is 16.1 Å². The van der Waals surface area contributed by atoms with E-state index < -0.39 is 0 Å². The molecule has 1 aromatic heterocycles. The summed E-state index contributed by atoms with van der Waals surface area (Å²) in [5.74, 6) is 1.65. The second-order valence-corrected chi connectivity index (χ2v) is 8.61. The number of rotatable bonds is 6. The second kappa shape index (κ2) is 7.89. The van der Waals surface area contributed by atoms with Gasteiger partial charge in [0.1, 0.15) is 5.76 Å². The van der Waals surface area contributed by atoms with E-state index in [0.717, 1.165) is 89.9 Å². The molecule has 1 spiro atoms. The Balaban J connectivity index is 1.29. The van der Waals surface area contributed by atoms with Crippen molar-refractivity contribution in [3.05, 3.63) is 17.5 Å². The van der Waals surface area contributed by atoms with Gasteiger partial charge >= 0.3 is 0 Å². The van der Waals surface area contributed by atoms with Crippen molar-refractivity contribution < 1.29 is 14.1 Å². The summed E-state index contributed by atoms with van der Waals surface area (Å²) in [4.78, 5) is 20.0. The first-order valence-corrected chi connectivity index (χ1v) is 10.3. The number of hydrogen-bond acceptors (Lipinski definition) is 6. The standard InChI is InChI=1S/C20H32N4O3/c1-16(2)18-13-17(21-27-18)14-23-5-3-20(15-23)4-6-24(19(20)25)8-7-22-9-11-26-12-10-22/h13,16H,3-12,14-15H2,1-2H3. The van der Waals surface area contributed by atoms with E-state index in [1.54, 1.807) is 0 Å². The van der Waals surface area contributed by atoms with Crippen LogP contribution in [0.25, 0.3) is 0 Å². The molecule has 3 aliphatic heterocycles. The third-order valence-electron chi connectivity index (χ3n) is 6.36. The van der Waals surface area contributed by atoms with Crippen LogP contribution in [0.3, 0.4) is 0 Å². The van der Waals surface area contributed by atoms with Crippen molar-refractivity contribution in [2.45, 2.75) is 39.2 Å². The third kappa shape index (κ3) is 4.05. The Hall–Kier alpha value is -1.44. The van der Waals surface area contributed by atoms with Gasteiger partial charge in [0.25, 0.3) is 0 Å². The van der Waals surface area contributed by atoms with E-state index in [0.29, 0.717) is 11.8 Å². The Morgan fingerprint density at radius 1 is 1.11 bits per heavy atom. The summed E-state index contributed by atoms with van der Waals surface area (Å²) < 4.78 is 10.8. The molecular formula is C20H32N4O3. The molecule has 7 heteroatoms. The summed E-state index contributed by atoms with van der Waals surface area (Å²) in [5, 5.41) is 4.20. The molecule has 0 N–H and O–H groups in total. The Morgan fingerprint density at radius 2 is 1.89 bits per heavy atom. The van der Waals surface area contributed by atoms with Crippen molar-refractivity contribution in [3.63, 3.8) is 0 Å². The lowest BCUT2D eigenvalue weighted by Crippen LogP contribution is -2.43. The van der Waals surface area contributed by atoms with Gasteiger partial charge in [-0.05, 0) is 19.4 Å². The van der Waals surface area contributed by atoms with E-state index in [1.807, 2.05) is 0 Å². The molecule has 1 atom stereocenters. The average Bonchev–Trinajstić information content (AvgIpc) is 3.37. The van der Waals surface area contributed by atoms with Gasteiger partial charge in [-0.25, -0.2) is 0 Å². The van der Waals surface area contributed by atoms with Crippen LogP contribution < -0.4 is 0 Å². The van der Waals surface area contributed by atoms with Crippen LogP contribution >= 0.6 is 0 Å². The van der Waals surface area contributed by atoms with Crippen LogP contribution in [-0.4, -0.2) is 84.8 Å². The highest BCUT2D eigenvalue weighted by Gasteiger charge is 2.50. The van der Waals surface area contributed by atoms with Crippen molar-refractivity contribution in [3.8, 4) is 0 Å². The molecule has 0 aromatic carbocycles. The zero-order valence-corrected chi connectivity index (χ0v) is 16.7.